The lowest BCUT2D eigenvalue weighted by molar-refractivity contribution is -0.146. The minimum atomic E-state index is -1.10. The minimum absolute atomic E-state index is 0.403. The molecular weight excluding hydrogens is 256 g/mol. The van der Waals surface area contributed by atoms with Crippen LogP contribution in [-0.4, -0.2) is 29.2 Å². The average molecular weight is 282 g/mol. The molecule has 2 amide bonds. The van der Waals surface area contributed by atoms with Gasteiger partial charge in [-0.25, -0.2) is 9.59 Å². The highest BCUT2D eigenvalue weighted by Crippen LogP contribution is 2.33. The molecule has 1 aliphatic carbocycles. The Balaban J connectivity index is 2.57. The number of carbonyl (C=O) groups is 2. The largest absolute Gasteiger partial charge is 0.480 e. The SMILES string of the molecule is CCC1CCC(NC(=O)NCC=C(C)C)(C(=O)O)CC1. The van der Waals surface area contributed by atoms with Crippen LogP contribution in [-0.2, 0) is 4.79 Å². The normalized spacial score (nSPS) is 25.6. The molecule has 1 fully saturated rings. The molecule has 0 radical (unpaired) electrons. The van der Waals surface area contributed by atoms with Crippen LogP contribution in [0.15, 0.2) is 11.6 Å². The Morgan fingerprint density at radius 1 is 1.30 bits per heavy atom. The maximum Gasteiger partial charge on any atom is 0.329 e. The molecule has 5 nitrogen and oxygen atoms in total. The zero-order valence-electron chi connectivity index (χ0n) is 12.7. The van der Waals surface area contributed by atoms with E-state index in [9.17, 15) is 14.7 Å². The van der Waals surface area contributed by atoms with Gasteiger partial charge >= 0.3 is 12.0 Å². The van der Waals surface area contributed by atoms with Crippen LogP contribution in [0.3, 0.4) is 0 Å². The molecule has 0 bridgehead atoms. The van der Waals surface area contributed by atoms with Crippen molar-refractivity contribution in [2.45, 2.75) is 58.4 Å². The van der Waals surface area contributed by atoms with Crippen LogP contribution in [0.4, 0.5) is 4.79 Å². The van der Waals surface area contributed by atoms with Crippen molar-refractivity contribution in [2.24, 2.45) is 5.92 Å². The summed E-state index contributed by atoms with van der Waals surface area (Å²) in [5, 5.41) is 14.8. The molecule has 0 aromatic rings. The monoisotopic (exact) mass is 282 g/mol. The van der Waals surface area contributed by atoms with Crippen LogP contribution >= 0.6 is 0 Å². The highest BCUT2D eigenvalue weighted by Gasteiger charge is 2.42. The zero-order chi connectivity index (χ0) is 15.2. The number of hydrogen-bond donors (Lipinski definition) is 3. The number of hydrogen-bond acceptors (Lipinski definition) is 2. The minimum Gasteiger partial charge on any atom is -0.480 e. The highest BCUT2D eigenvalue weighted by atomic mass is 16.4. The van der Waals surface area contributed by atoms with E-state index < -0.39 is 17.5 Å². The Morgan fingerprint density at radius 3 is 2.35 bits per heavy atom. The Bertz CT molecular complexity index is 379. The number of urea groups is 1. The van der Waals surface area contributed by atoms with Crippen LogP contribution in [0.1, 0.15) is 52.9 Å². The molecule has 1 saturated carbocycles. The van der Waals surface area contributed by atoms with Gasteiger partial charge in [-0.15, -0.1) is 0 Å². The van der Waals surface area contributed by atoms with Crippen LogP contribution in [0.5, 0.6) is 0 Å². The number of carboxylic acids is 1. The quantitative estimate of drug-likeness (QED) is 0.678. The first-order valence-electron chi connectivity index (χ1n) is 7.32. The van der Waals surface area contributed by atoms with Gasteiger partial charge < -0.3 is 15.7 Å². The van der Waals surface area contributed by atoms with Gasteiger partial charge in [-0.3, -0.25) is 0 Å². The predicted molar refractivity (Wildman–Crippen MR) is 78.6 cm³/mol. The van der Waals surface area contributed by atoms with Crippen LogP contribution in [0.25, 0.3) is 0 Å². The van der Waals surface area contributed by atoms with Gasteiger partial charge in [0, 0.05) is 6.54 Å². The van der Waals surface area contributed by atoms with Crippen molar-refractivity contribution < 1.29 is 14.7 Å². The van der Waals surface area contributed by atoms with E-state index in [1.54, 1.807) is 0 Å². The zero-order valence-corrected chi connectivity index (χ0v) is 12.7. The predicted octanol–water partition coefficient (Wildman–Crippen LogP) is 2.68. The first-order chi connectivity index (χ1) is 9.39. The van der Waals surface area contributed by atoms with Crippen molar-refractivity contribution in [3.05, 3.63) is 11.6 Å². The molecule has 0 aliphatic heterocycles. The molecule has 0 saturated heterocycles. The average Bonchev–Trinajstić information content (AvgIpc) is 2.38. The number of carbonyl (C=O) groups excluding carboxylic acids is 1. The van der Waals surface area contributed by atoms with Gasteiger partial charge in [0.15, 0.2) is 0 Å². The lowest BCUT2D eigenvalue weighted by Crippen LogP contribution is -2.58. The fraction of sp³-hybridized carbons (Fsp3) is 0.733. The number of aliphatic carboxylic acids is 1. The van der Waals surface area contributed by atoms with Crippen molar-refractivity contribution in [2.75, 3.05) is 6.54 Å². The summed E-state index contributed by atoms with van der Waals surface area (Å²) in [6.07, 6.45) is 5.70. The molecule has 0 aromatic heterocycles. The van der Waals surface area contributed by atoms with E-state index in [2.05, 4.69) is 17.6 Å². The van der Waals surface area contributed by atoms with Gasteiger partial charge in [-0.2, -0.15) is 0 Å². The van der Waals surface area contributed by atoms with Gasteiger partial charge in [-0.1, -0.05) is 25.0 Å². The summed E-state index contributed by atoms with van der Waals surface area (Å²) >= 11 is 0. The third-order valence-corrected chi connectivity index (χ3v) is 4.07. The number of rotatable bonds is 5. The first-order valence-corrected chi connectivity index (χ1v) is 7.32. The second-order valence-electron chi connectivity index (χ2n) is 5.86. The first kappa shape index (κ1) is 16.5. The molecule has 0 heterocycles. The Kier molecular flexibility index (Phi) is 6.05. The Morgan fingerprint density at radius 2 is 1.90 bits per heavy atom. The fourth-order valence-corrected chi connectivity index (χ4v) is 2.58. The number of nitrogens with one attached hydrogen (secondary N) is 2. The topological polar surface area (TPSA) is 78.4 Å². The second-order valence-corrected chi connectivity index (χ2v) is 5.86. The highest BCUT2D eigenvalue weighted by molar-refractivity contribution is 5.86. The third kappa shape index (κ3) is 4.54. The molecular formula is C15H26N2O3. The van der Waals surface area contributed by atoms with E-state index in [-0.39, 0.29) is 0 Å². The van der Waals surface area contributed by atoms with Crippen molar-refractivity contribution in [3.63, 3.8) is 0 Å². The molecule has 5 heteroatoms. The van der Waals surface area contributed by atoms with Gasteiger partial charge in [0.2, 0.25) is 0 Å². The van der Waals surface area contributed by atoms with Crippen LogP contribution in [0.2, 0.25) is 0 Å². The van der Waals surface area contributed by atoms with Gasteiger partial charge in [0.25, 0.3) is 0 Å². The van der Waals surface area contributed by atoms with Gasteiger partial charge in [0.1, 0.15) is 5.54 Å². The van der Waals surface area contributed by atoms with E-state index in [1.165, 1.54) is 0 Å². The molecule has 3 N–H and O–H groups in total. The molecule has 114 valence electrons. The maximum absolute atomic E-state index is 11.8. The summed E-state index contributed by atoms with van der Waals surface area (Å²) in [6.45, 7) is 6.44. The van der Waals surface area contributed by atoms with Crippen LogP contribution in [0, 0.1) is 5.92 Å². The van der Waals surface area contributed by atoms with Crippen molar-refractivity contribution in [3.8, 4) is 0 Å². The summed E-state index contributed by atoms with van der Waals surface area (Å²) in [5.41, 5.74) is 0.0162. The third-order valence-electron chi connectivity index (χ3n) is 4.07. The molecule has 0 aromatic carbocycles. The van der Waals surface area contributed by atoms with E-state index in [0.29, 0.717) is 25.3 Å². The van der Waals surface area contributed by atoms with Crippen molar-refractivity contribution in [1.29, 1.82) is 0 Å². The maximum atomic E-state index is 11.8. The molecule has 0 unspecified atom stereocenters. The Hall–Kier alpha value is -1.52. The van der Waals surface area contributed by atoms with Crippen LogP contribution < -0.4 is 10.6 Å². The summed E-state index contributed by atoms with van der Waals surface area (Å²) in [5.74, 6) is -0.345. The summed E-state index contributed by atoms with van der Waals surface area (Å²) in [7, 11) is 0. The van der Waals surface area contributed by atoms with Gasteiger partial charge in [0.05, 0.1) is 0 Å². The molecule has 1 rings (SSSR count). The van der Waals surface area contributed by atoms with E-state index in [4.69, 9.17) is 0 Å². The van der Waals surface area contributed by atoms with Crippen molar-refractivity contribution >= 4 is 12.0 Å². The summed E-state index contributed by atoms with van der Waals surface area (Å²) in [4.78, 5) is 23.4. The standard InChI is InChI=1S/C15H26N2O3/c1-4-12-5-8-15(9-6-12,13(18)19)17-14(20)16-10-7-11(2)3/h7,12H,4-6,8-10H2,1-3H3,(H,18,19)(H2,16,17,20). The molecule has 1 aliphatic rings. The van der Waals surface area contributed by atoms with Crippen molar-refractivity contribution in [1.82, 2.24) is 10.6 Å². The number of allylic oxidation sites excluding steroid dienone is 1. The Labute approximate surface area is 120 Å². The fourth-order valence-electron chi connectivity index (χ4n) is 2.58. The lowest BCUT2D eigenvalue weighted by Gasteiger charge is -2.37. The molecule has 0 atom stereocenters. The molecule has 0 spiro atoms. The number of amides is 2. The second kappa shape index (κ2) is 7.31. The van der Waals surface area contributed by atoms with E-state index >= 15 is 0 Å². The smallest absolute Gasteiger partial charge is 0.329 e. The summed E-state index contributed by atoms with van der Waals surface area (Å²) in [6, 6.07) is -0.403. The lowest BCUT2D eigenvalue weighted by atomic mass is 9.75. The summed E-state index contributed by atoms with van der Waals surface area (Å²) < 4.78 is 0. The number of carboxylic acid groups (broad SMARTS) is 1. The van der Waals surface area contributed by atoms with E-state index in [1.807, 2.05) is 19.9 Å². The molecule has 20 heavy (non-hydrogen) atoms. The van der Waals surface area contributed by atoms with Gasteiger partial charge in [-0.05, 0) is 45.4 Å². The van der Waals surface area contributed by atoms with E-state index in [0.717, 1.165) is 24.8 Å².